The fraction of sp³-hybridized carbons (Fsp3) is 0.217. The van der Waals surface area contributed by atoms with Gasteiger partial charge in [0.2, 0.25) is 0 Å². The van der Waals surface area contributed by atoms with E-state index in [-0.39, 0.29) is 11.9 Å². The number of amides is 2. The molecular weight excluding hydrogens is 394 g/mol. The van der Waals surface area contributed by atoms with E-state index in [2.05, 4.69) is 20.2 Å². The second kappa shape index (κ2) is 9.36. The predicted molar refractivity (Wildman–Crippen MR) is 118 cm³/mol. The molecule has 3 aromatic rings. The van der Waals surface area contributed by atoms with Crippen molar-refractivity contribution in [2.75, 3.05) is 18.0 Å². The SMILES string of the molecule is O=C(C=Cc1ccccc1N1CCC(NC(=O)c2ccc3cccnc3n2)CC1)NO. The molecule has 31 heavy (non-hydrogen) atoms. The van der Waals surface area contributed by atoms with Gasteiger partial charge >= 0.3 is 0 Å². The monoisotopic (exact) mass is 417 g/mol. The zero-order chi connectivity index (χ0) is 21.6. The van der Waals surface area contributed by atoms with Crippen LogP contribution in [0.15, 0.2) is 60.8 Å². The molecule has 0 saturated carbocycles. The lowest BCUT2D eigenvalue weighted by molar-refractivity contribution is -0.124. The van der Waals surface area contributed by atoms with Crippen LogP contribution in [0.2, 0.25) is 0 Å². The third-order valence-corrected chi connectivity index (χ3v) is 5.33. The average molecular weight is 417 g/mol. The van der Waals surface area contributed by atoms with Gasteiger partial charge in [0.15, 0.2) is 5.65 Å². The highest BCUT2D eigenvalue weighted by Crippen LogP contribution is 2.25. The Labute approximate surface area is 179 Å². The van der Waals surface area contributed by atoms with E-state index in [1.807, 2.05) is 42.5 Å². The Hall–Kier alpha value is -3.78. The fourth-order valence-electron chi connectivity index (χ4n) is 3.72. The van der Waals surface area contributed by atoms with Crippen LogP contribution < -0.4 is 15.7 Å². The summed E-state index contributed by atoms with van der Waals surface area (Å²) >= 11 is 0. The smallest absolute Gasteiger partial charge is 0.270 e. The number of fused-ring (bicyclic) bond motifs is 1. The van der Waals surface area contributed by atoms with Gasteiger partial charge in [0.25, 0.3) is 11.8 Å². The molecule has 3 N–H and O–H groups in total. The molecule has 3 heterocycles. The second-order valence-corrected chi connectivity index (χ2v) is 7.35. The predicted octanol–water partition coefficient (Wildman–Crippen LogP) is 2.55. The molecule has 0 aliphatic carbocycles. The zero-order valence-electron chi connectivity index (χ0n) is 16.9. The van der Waals surface area contributed by atoms with Crippen molar-refractivity contribution >= 4 is 34.6 Å². The van der Waals surface area contributed by atoms with E-state index in [0.29, 0.717) is 11.3 Å². The topological polar surface area (TPSA) is 107 Å². The number of hydroxylamine groups is 1. The molecule has 1 aliphatic rings. The summed E-state index contributed by atoms with van der Waals surface area (Å²) in [4.78, 5) is 34.8. The van der Waals surface area contributed by atoms with Crippen LogP contribution >= 0.6 is 0 Å². The Morgan fingerprint density at radius 3 is 2.68 bits per heavy atom. The largest absolute Gasteiger partial charge is 0.371 e. The summed E-state index contributed by atoms with van der Waals surface area (Å²) < 4.78 is 0. The van der Waals surface area contributed by atoms with Crippen LogP contribution in [0.4, 0.5) is 5.69 Å². The quantitative estimate of drug-likeness (QED) is 0.335. The molecule has 2 aromatic heterocycles. The van der Waals surface area contributed by atoms with Gasteiger partial charge in [-0.1, -0.05) is 18.2 Å². The number of carbonyl (C=O) groups excluding carboxylic acids is 2. The van der Waals surface area contributed by atoms with Gasteiger partial charge in [0.05, 0.1) is 0 Å². The van der Waals surface area contributed by atoms with Gasteiger partial charge in [-0.15, -0.1) is 0 Å². The summed E-state index contributed by atoms with van der Waals surface area (Å²) in [6, 6.07) is 15.2. The summed E-state index contributed by atoms with van der Waals surface area (Å²) in [5.41, 5.74) is 4.42. The number of piperidine rings is 1. The van der Waals surface area contributed by atoms with E-state index in [4.69, 9.17) is 5.21 Å². The molecule has 1 aliphatic heterocycles. The minimum absolute atomic E-state index is 0.0628. The first-order valence-electron chi connectivity index (χ1n) is 10.1. The van der Waals surface area contributed by atoms with Crippen molar-refractivity contribution in [2.45, 2.75) is 18.9 Å². The number of anilines is 1. The van der Waals surface area contributed by atoms with Gasteiger partial charge in [0, 0.05) is 42.5 Å². The average Bonchev–Trinajstić information content (AvgIpc) is 2.83. The van der Waals surface area contributed by atoms with Crippen molar-refractivity contribution < 1.29 is 14.8 Å². The van der Waals surface area contributed by atoms with Crippen LogP contribution in [0.1, 0.15) is 28.9 Å². The summed E-state index contributed by atoms with van der Waals surface area (Å²) in [5.74, 6) is -0.766. The number of hydrogen-bond donors (Lipinski definition) is 3. The summed E-state index contributed by atoms with van der Waals surface area (Å²) in [7, 11) is 0. The highest BCUT2D eigenvalue weighted by Gasteiger charge is 2.23. The molecule has 0 bridgehead atoms. The third-order valence-electron chi connectivity index (χ3n) is 5.33. The maximum Gasteiger partial charge on any atom is 0.270 e. The molecule has 0 radical (unpaired) electrons. The molecule has 0 unspecified atom stereocenters. The number of nitrogens with one attached hydrogen (secondary N) is 2. The number of aromatic nitrogens is 2. The van der Waals surface area contributed by atoms with Crippen LogP contribution in [0.3, 0.4) is 0 Å². The number of carbonyl (C=O) groups is 2. The van der Waals surface area contributed by atoms with Gasteiger partial charge in [-0.25, -0.2) is 15.4 Å². The van der Waals surface area contributed by atoms with Crippen LogP contribution in [0.25, 0.3) is 17.1 Å². The molecule has 2 amide bonds. The minimum atomic E-state index is -0.575. The molecule has 158 valence electrons. The summed E-state index contributed by atoms with van der Waals surface area (Å²) in [6.07, 6.45) is 6.22. The molecule has 8 nitrogen and oxygen atoms in total. The van der Waals surface area contributed by atoms with Gasteiger partial charge in [-0.2, -0.15) is 0 Å². The lowest BCUT2D eigenvalue weighted by Gasteiger charge is -2.34. The number of nitrogens with zero attached hydrogens (tertiary/aromatic N) is 3. The van der Waals surface area contributed by atoms with E-state index in [9.17, 15) is 9.59 Å². The van der Waals surface area contributed by atoms with Gasteiger partial charge in [-0.05, 0) is 54.8 Å². The van der Waals surface area contributed by atoms with Crippen molar-refractivity contribution in [2.24, 2.45) is 0 Å². The van der Waals surface area contributed by atoms with Crippen molar-refractivity contribution in [3.8, 4) is 0 Å². The van der Waals surface area contributed by atoms with Gasteiger partial charge < -0.3 is 10.2 Å². The van der Waals surface area contributed by atoms with Crippen LogP contribution in [-0.2, 0) is 4.79 Å². The number of para-hydroxylation sites is 1. The van der Waals surface area contributed by atoms with Gasteiger partial charge in [-0.3, -0.25) is 14.8 Å². The Morgan fingerprint density at radius 2 is 1.87 bits per heavy atom. The minimum Gasteiger partial charge on any atom is -0.371 e. The first-order chi connectivity index (χ1) is 15.1. The van der Waals surface area contributed by atoms with Crippen LogP contribution in [-0.4, -0.2) is 46.1 Å². The summed E-state index contributed by atoms with van der Waals surface area (Å²) in [6.45, 7) is 1.55. The molecule has 1 saturated heterocycles. The highest BCUT2D eigenvalue weighted by atomic mass is 16.5. The van der Waals surface area contributed by atoms with E-state index >= 15 is 0 Å². The van der Waals surface area contributed by atoms with Crippen molar-refractivity contribution in [3.05, 3.63) is 72.1 Å². The third kappa shape index (κ3) is 4.87. The molecule has 8 heteroatoms. The lowest BCUT2D eigenvalue weighted by Crippen LogP contribution is -2.45. The molecule has 1 aromatic carbocycles. The molecule has 0 atom stereocenters. The number of rotatable bonds is 5. The van der Waals surface area contributed by atoms with Crippen LogP contribution in [0.5, 0.6) is 0 Å². The van der Waals surface area contributed by atoms with E-state index in [0.717, 1.165) is 42.6 Å². The second-order valence-electron chi connectivity index (χ2n) is 7.35. The number of pyridine rings is 2. The molecule has 0 spiro atoms. The lowest BCUT2D eigenvalue weighted by atomic mass is 10.0. The van der Waals surface area contributed by atoms with Gasteiger partial charge in [0.1, 0.15) is 5.69 Å². The molecule has 1 fully saturated rings. The Bertz CT molecular complexity index is 1120. The van der Waals surface area contributed by atoms with E-state index < -0.39 is 5.91 Å². The zero-order valence-corrected chi connectivity index (χ0v) is 16.9. The van der Waals surface area contributed by atoms with Crippen molar-refractivity contribution in [1.82, 2.24) is 20.8 Å². The molecule has 4 rings (SSSR count). The molecular formula is C23H23N5O3. The number of benzene rings is 1. The maximum atomic E-state index is 12.7. The first-order valence-corrected chi connectivity index (χ1v) is 10.1. The Morgan fingerprint density at radius 1 is 1.06 bits per heavy atom. The normalized spacial score (nSPS) is 14.7. The maximum absolute atomic E-state index is 12.7. The summed E-state index contributed by atoms with van der Waals surface area (Å²) in [5, 5.41) is 12.6. The van der Waals surface area contributed by atoms with E-state index in [1.54, 1.807) is 23.8 Å². The fourth-order valence-corrected chi connectivity index (χ4v) is 3.72. The van der Waals surface area contributed by atoms with Crippen molar-refractivity contribution in [3.63, 3.8) is 0 Å². The number of hydrogen-bond acceptors (Lipinski definition) is 6. The standard InChI is InChI=1S/C23H23N5O3/c29-21(27-31)10-8-16-4-1-2-6-20(16)28-14-11-18(12-15-28)25-23(30)19-9-7-17-5-3-13-24-22(17)26-19/h1-10,13,18,31H,11-12,14-15H2,(H,25,30)(H,27,29). The highest BCUT2D eigenvalue weighted by molar-refractivity contribution is 5.94. The van der Waals surface area contributed by atoms with Crippen molar-refractivity contribution in [1.29, 1.82) is 0 Å². The van der Waals surface area contributed by atoms with Crippen LogP contribution in [0, 0.1) is 0 Å². The Balaban J connectivity index is 1.38. The van der Waals surface area contributed by atoms with E-state index in [1.165, 1.54) is 6.08 Å². The Kier molecular flexibility index (Phi) is 6.18. The first kappa shape index (κ1) is 20.5.